The lowest BCUT2D eigenvalue weighted by Gasteiger charge is -2.30. The number of imidazole rings is 1. The fourth-order valence-electron chi connectivity index (χ4n) is 3.57. The van der Waals surface area contributed by atoms with Gasteiger partial charge in [0.1, 0.15) is 17.2 Å². The average molecular weight is 342 g/mol. The number of aliphatic hydroxyl groups is 1. The first-order valence-corrected chi connectivity index (χ1v) is 8.44. The van der Waals surface area contributed by atoms with Crippen molar-refractivity contribution in [3.8, 4) is 11.5 Å². The van der Waals surface area contributed by atoms with Crippen molar-refractivity contribution in [2.24, 2.45) is 5.92 Å². The molecule has 4 heterocycles. The summed E-state index contributed by atoms with van der Waals surface area (Å²) in [7, 11) is 0. The van der Waals surface area contributed by atoms with Crippen molar-refractivity contribution >= 4 is 23.1 Å². The van der Waals surface area contributed by atoms with E-state index in [2.05, 4.69) is 14.9 Å². The molecule has 2 aliphatic rings. The largest absolute Gasteiger partial charge is 0.389 e. The van der Waals surface area contributed by atoms with E-state index in [0.29, 0.717) is 16.8 Å². The molecule has 2 unspecified atom stereocenters. The van der Waals surface area contributed by atoms with Gasteiger partial charge in [0, 0.05) is 31.4 Å². The number of hydrogen-bond acceptors (Lipinski definition) is 5. The molecule has 1 aliphatic heterocycles. The van der Waals surface area contributed by atoms with Gasteiger partial charge in [-0.15, -0.1) is 0 Å². The third kappa shape index (κ3) is 2.17. The molecule has 1 aliphatic carbocycles. The Morgan fingerprint density at radius 2 is 2.17 bits per heavy atom. The molecule has 1 saturated heterocycles. The summed E-state index contributed by atoms with van der Waals surface area (Å²) in [5, 5.41) is 10.8. The van der Waals surface area contributed by atoms with Crippen molar-refractivity contribution < 1.29 is 5.11 Å². The summed E-state index contributed by atoms with van der Waals surface area (Å²) in [4.78, 5) is 15.7. The van der Waals surface area contributed by atoms with Gasteiger partial charge >= 0.3 is 0 Å². The van der Waals surface area contributed by atoms with E-state index >= 15 is 0 Å². The molecule has 0 amide bonds. The van der Waals surface area contributed by atoms with Crippen molar-refractivity contribution in [3.63, 3.8) is 0 Å². The van der Waals surface area contributed by atoms with Gasteiger partial charge in [-0.05, 0) is 31.0 Å². The molecule has 0 bridgehead atoms. The molecule has 0 spiro atoms. The fraction of sp³-hybridized carbons (Fsp3) is 0.353. The van der Waals surface area contributed by atoms with Crippen molar-refractivity contribution in [3.05, 3.63) is 41.8 Å². The minimum absolute atomic E-state index is 0.374. The minimum atomic E-state index is -0.412. The van der Waals surface area contributed by atoms with Gasteiger partial charge in [-0.3, -0.25) is 4.40 Å². The molecule has 2 atom stereocenters. The number of pyridine rings is 1. The van der Waals surface area contributed by atoms with Crippen molar-refractivity contribution in [2.75, 3.05) is 18.0 Å². The molecule has 122 valence electrons. The number of hydrogen-bond donors (Lipinski definition) is 1. The summed E-state index contributed by atoms with van der Waals surface area (Å²) in [6.45, 7) is 1.67. The highest BCUT2D eigenvalue weighted by Crippen LogP contribution is 2.49. The molecule has 6 nitrogen and oxygen atoms in total. The van der Waals surface area contributed by atoms with Crippen LogP contribution < -0.4 is 4.90 Å². The smallest absolute Gasteiger partial charge is 0.180 e. The second kappa shape index (κ2) is 4.91. The van der Waals surface area contributed by atoms with Crippen LogP contribution in [0.15, 0.2) is 36.8 Å². The van der Waals surface area contributed by atoms with Crippen LogP contribution in [0.4, 0.5) is 5.82 Å². The molecule has 1 saturated carbocycles. The predicted octanol–water partition coefficient (Wildman–Crippen LogP) is 2.41. The molecule has 0 aromatic carbocycles. The Hall–Kier alpha value is -2.18. The van der Waals surface area contributed by atoms with E-state index in [9.17, 15) is 5.11 Å². The molecule has 5 rings (SSSR count). The van der Waals surface area contributed by atoms with E-state index in [1.54, 1.807) is 12.4 Å². The second-order valence-electron chi connectivity index (χ2n) is 6.66. The number of halogens is 1. The lowest BCUT2D eigenvalue weighted by atomic mass is 10.1. The molecule has 7 heteroatoms. The summed E-state index contributed by atoms with van der Waals surface area (Å²) in [5.41, 5.74) is 1.21. The lowest BCUT2D eigenvalue weighted by molar-refractivity contribution is 0.114. The number of nitrogens with zero attached hydrogens (tertiary/aromatic N) is 5. The standard InChI is InChI=1S/C17H16ClN5O/c18-12-1-2-14-20-8-13(23(14)10-12)16-19-5-3-15(21-16)22-6-4-17(24)7-11(17)9-22/h1-3,5,8,10-11,24H,4,6-7,9H2. The predicted molar refractivity (Wildman–Crippen MR) is 91.1 cm³/mol. The topological polar surface area (TPSA) is 66.5 Å². The van der Waals surface area contributed by atoms with Crippen LogP contribution in [0.3, 0.4) is 0 Å². The van der Waals surface area contributed by atoms with Gasteiger partial charge in [-0.1, -0.05) is 11.6 Å². The van der Waals surface area contributed by atoms with Gasteiger partial charge in [-0.2, -0.15) is 0 Å². The highest BCUT2D eigenvalue weighted by atomic mass is 35.5. The van der Waals surface area contributed by atoms with Gasteiger partial charge in [0.05, 0.1) is 16.8 Å². The summed E-state index contributed by atoms with van der Waals surface area (Å²) in [5.74, 6) is 1.89. The van der Waals surface area contributed by atoms with Gasteiger partial charge < -0.3 is 10.0 Å². The quantitative estimate of drug-likeness (QED) is 0.775. The zero-order chi connectivity index (χ0) is 16.3. The zero-order valence-electron chi connectivity index (χ0n) is 12.9. The van der Waals surface area contributed by atoms with Gasteiger partial charge in [0.25, 0.3) is 0 Å². The molecular weight excluding hydrogens is 326 g/mol. The van der Waals surface area contributed by atoms with Crippen LogP contribution in [0.25, 0.3) is 17.2 Å². The van der Waals surface area contributed by atoms with Crippen LogP contribution >= 0.6 is 11.6 Å². The van der Waals surface area contributed by atoms with E-state index in [0.717, 1.165) is 43.1 Å². The van der Waals surface area contributed by atoms with Crippen molar-refractivity contribution in [2.45, 2.75) is 18.4 Å². The van der Waals surface area contributed by atoms with E-state index in [4.69, 9.17) is 16.6 Å². The molecule has 1 N–H and O–H groups in total. The first-order valence-electron chi connectivity index (χ1n) is 8.06. The Labute approximate surface area is 143 Å². The maximum Gasteiger partial charge on any atom is 0.180 e. The SMILES string of the molecule is OC12CCN(c3ccnc(-c4cnc5ccc(Cl)cn45)n3)CC1C2. The average Bonchev–Trinajstić information content (AvgIpc) is 3.09. The minimum Gasteiger partial charge on any atom is -0.389 e. The Morgan fingerprint density at radius 3 is 3.04 bits per heavy atom. The number of rotatable bonds is 2. The Bertz CT molecular complexity index is 942. The number of piperidine rings is 1. The van der Waals surface area contributed by atoms with Gasteiger partial charge in [0.15, 0.2) is 5.82 Å². The third-order valence-electron chi connectivity index (χ3n) is 5.12. The lowest BCUT2D eigenvalue weighted by Crippen LogP contribution is -2.37. The molecule has 24 heavy (non-hydrogen) atoms. The molecule has 0 radical (unpaired) electrons. The summed E-state index contributed by atoms with van der Waals surface area (Å²) in [6, 6.07) is 5.61. The normalized spacial score (nSPS) is 25.8. The van der Waals surface area contributed by atoms with E-state index < -0.39 is 5.60 Å². The first-order chi connectivity index (χ1) is 11.6. The third-order valence-corrected chi connectivity index (χ3v) is 5.34. The van der Waals surface area contributed by atoms with Crippen molar-refractivity contribution in [1.29, 1.82) is 0 Å². The van der Waals surface area contributed by atoms with Crippen LogP contribution in [0, 0.1) is 5.92 Å². The summed E-state index contributed by atoms with van der Waals surface area (Å²) in [6.07, 6.45) is 7.08. The zero-order valence-corrected chi connectivity index (χ0v) is 13.7. The molecule has 2 fully saturated rings. The van der Waals surface area contributed by atoms with Crippen LogP contribution in [0.1, 0.15) is 12.8 Å². The second-order valence-corrected chi connectivity index (χ2v) is 7.09. The van der Waals surface area contributed by atoms with Crippen LogP contribution in [0.5, 0.6) is 0 Å². The first kappa shape index (κ1) is 14.2. The van der Waals surface area contributed by atoms with Gasteiger partial charge in [-0.25, -0.2) is 15.0 Å². The maximum atomic E-state index is 10.2. The number of anilines is 1. The van der Waals surface area contributed by atoms with Crippen molar-refractivity contribution in [1.82, 2.24) is 19.4 Å². The molecule has 3 aromatic heterocycles. The Kier molecular flexibility index (Phi) is 2.90. The number of fused-ring (bicyclic) bond motifs is 2. The summed E-state index contributed by atoms with van der Waals surface area (Å²) >= 11 is 6.10. The molecular formula is C17H16ClN5O. The Balaban J connectivity index is 1.51. The van der Waals surface area contributed by atoms with Gasteiger partial charge in [0.2, 0.25) is 0 Å². The van der Waals surface area contributed by atoms with E-state index in [1.165, 1.54) is 0 Å². The van der Waals surface area contributed by atoms with E-state index in [-0.39, 0.29) is 0 Å². The van der Waals surface area contributed by atoms with Crippen LogP contribution in [-0.2, 0) is 0 Å². The monoisotopic (exact) mass is 341 g/mol. The number of aromatic nitrogens is 4. The Morgan fingerprint density at radius 1 is 1.25 bits per heavy atom. The summed E-state index contributed by atoms with van der Waals surface area (Å²) < 4.78 is 1.90. The maximum absolute atomic E-state index is 10.2. The highest BCUT2D eigenvalue weighted by Gasteiger charge is 2.55. The highest BCUT2D eigenvalue weighted by molar-refractivity contribution is 6.30. The van der Waals surface area contributed by atoms with Crippen LogP contribution in [-0.4, -0.2) is 43.1 Å². The van der Waals surface area contributed by atoms with Crippen LogP contribution in [0.2, 0.25) is 5.02 Å². The fourth-order valence-corrected chi connectivity index (χ4v) is 3.73. The molecule has 3 aromatic rings. The van der Waals surface area contributed by atoms with E-state index in [1.807, 2.05) is 28.8 Å².